The zero-order valence-corrected chi connectivity index (χ0v) is 19.5. The fourth-order valence-corrected chi connectivity index (χ4v) is 3.66. The van der Waals surface area contributed by atoms with Crippen LogP contribution in [-0.2, 0) is 16.1 Å². The standard InChI is InChI=1S/C15H20F2N4O2.C8H7ClO2/c1-19-2-4-20(5-3-19)14-12(16)6-10(7-13(14)17)21-9-11(8-18)23-15(21)22;9-8(10)11-6-7-4-2-1-3-5-7/h6-7,11H,2-5,8-9,18H2,1H3;1-5H,6H2/t11-;/m0./s1. The van der Waals surface area contributed by atoms with Gasteiger partial charge in [-0.05, 0) is 12.6 Å². The van der Waals surface area contributed by atoms with Crippen molar-refractivity contribution in [2.24, 2.45) is 5.73 Å². The quantitative estimate of drug-likeness (QED) is 0.633. The first-order valence-electron chi connectivity index (χ1n) is 10.8. The van der Waals surface area contributed by atoms with Crippen molar-refractivity contribution in [3.63, 3.8) is 0 Å². The minimum Gasteiger partial charge on any atom is -0.449 e. The third-order valence-electron chi connectivity index (χ3n) is 5.46. The van der Waals surface area contributed by atoms with E-state index in [2.05, 4.69) is 9.64 Å². The molecule has 2 aromatic rings. The van der Waals surface area contributed by atoms with Crippen molar-refractivity contribution in [2.75, 3.05) is 56.1 Å². The first-order valence-corrected chi connectivity index (χ1v) is 11.1. The Hall–Kier alpha value is -2.95. The van der Waals surface area contributed by atoms with Crippen LogP contribution < -0.4 is 15.5 Å². The van der Waals surface area contributed by atoms with Gasteiger partial charge in [-0.1, -0.05) is 30.3 Å². The molecule has 0 aromatic heterocycles. The summed E-state index contributed by atoms with van der Waals surface area (Å²) < 4.78 is 38.5. The van der Waals surface area contributed by atoms with Crippen molar-refractivity contribution in [3.8, 4) is 0 Å². The van der Waals surface area contributed by atoms with Crippen LogP contribution in [0.3, 0.4) is 0 Å². The van der Waals surface area contributed by atoms with E-state index >= 15 is 0 Å². The highest BCUT2D eigenvalue weighted by molar-refractivity contribution is 6.61. The summed E-state index contributed by atoms with van der Waals surface area (Å²) in [4.78, 5) is 26.9. The van der Waals surface area contributed by atoms with Gasteiger partial charge in [-0.25, -0.2) is 18.4 Å². The number of halogens is 3. The number of ether oxygens (including phenoxy) is 2. The van der Waals surface area contributed by atoms with Gasteiger partial charge < -0.3 is 25.0 Å². The average Bonchev–Trinajstić information content (AvgIpc) is 3.20. The molecule has 0 aliphatic carbocycles. The zero-order valence-electron chi connectivity index (χ0n) is 18.8. The summed E-state index contributed by atoms with van der Waals surface area (Å²) in [5.41, 5.74) is 5.74. The van der Waals surface area contributed by atoms with Gasteiger partial charge in [-0.15, -0.1) is 0 Å². The van der Waals surface area contributed by atoms with Crippen LogP contribution in [0.25, 0.3) is 0 Å². The van der Waals surface area contributed by atoms with E-state index in [1.807, 2.05) is 37.4 Å². The normalized spacial score (nSPS) is 18.3. The zero-order chi connectivity index (χ0) is 24.7. The lowest BCUT2D eigenvalue weighted by molar-refractivity contribution is 0.145. The van der Waals surface area contributed by atoms with E-state index < -0.39 is 29.3 Å². The maximum absolute atomic E-state index is 14.5. The van der Waals surface area contributed by atoms with E-state index in [4.69, 9.17) is 22.1 Å². The van der Waals surface area contributed by atoms with Crippen molar-refractivity contribution >= 4 is 34.5 Å². The van der Waals surface area contributed by atoms with Crippen molar-refractivity contribution in [1.29, 1.82) is 0 Å². The second-order valence-electron chi connectivity index (χ2n) is 7.91. The number of anilines is 2. The highest BCUT2D eigenvalue weighted by Gasteiger charge is 2.33. The Kier molecular flexibility index (Phi) is 9.03. The number of cyclic esters (lactones) is 1. The number of nitrogens with two attached hydrogens (primary N) is 1. The number of carbonyl (C=O) groups excluding carboxylic acids is 2. The molecule has 184 valence electrons. The number of likely N-dealkylation sites (N-methyl/N-ethyl adjacent to an activating group) is 1. The third-order valence-corrected chi connectivity index (χ3v) is 5.57. The van der Waals surface area contributed by atoms with Crippen LogP contribution >= 0.6 is 11.6 Å². The van der Waals surface area contributed by atoms with Crippen LogP contribution in [0.2, 0.25) is 0 Å². The Morgan fingerprint density at radius 2 is 1.76 bits per heavy atom. The van der Waals surface area contributed by atoms with E-state index in [0.29, 0.717) is 13.1 Å². The van der Waals surface area contributed by atoms with Crippen LogP contribution in [0.1, 0.15) is 5.56 Å². The Balaban J connectivity index is 0.000000248. The number of hydrogen-bond acceptors (Lipinski definition) is 7. The smallest absolute Gasteiger partial charge is 0.414 e. The Bertz CT molecular complexity index is 967. The Morgan fingerprint density at radius 3 is 2.29 bits per heavy atom. The lowest BCUT2D eigenvalue weighted by atomic mass is 10.2. The van der Waals surface area contributed by atoms with Crippen molar-refractivity contribution in [1.82, 2.24) is 4.90 Å². The second-order valence-corrected chi connectivity index (χ2v) is 8.22. The van der Waals surface area contributed by atoms with Gasteiger partial charge in [-0.3, -0.25) is 4.90 Å². The molecule has 2 heterocycles. The minimum absolute atomic E-state index is 0.0372. The molecule has 0 bridgehead atoms. The molecule has 34 heavy (non-hydrogen) atoms. The van der Waals surface area contributed by atoms with Crippen molar-refractivity contribution in [3.05, 3.63) is 59.7 Å². The fourth-order valence-electron chi connectivity index (χ4n) is 3.61. The minimum atomic E-state index is -0.770. The summed E-state index contributed by atoms with van der Waals surface area (Å²) in [5, 5.41) is 0. The molecule has 1 atom stereocenters. The predicted molar refractivity (Wildman–Crippen MR) is 125 cm³/mol. The molecule has 0 saturated carbocycles. The van der Waals surface area contributed by atoms with Gasteiger partial charge in [0.1, 0.15) is 18.4 Å². The number of benzene rings is 2. The molecule has 2 aliphatic rings. The molecule has 1 amide bonds. The number of hydrogen-bond donors (Lipinski definition) is 1. The summed E-state index contributed by atoms with van der Waals surface area (Å²) in [6.45, 7) is 3.22. The molecule has 8 nitrogen and oxygen atoms in total. The molecule has 4 rings (SSSR count). The van der Waals surface area contributed by atoms with E-state index in [9.17, 15) is 18.4 Å². The highest BCUT2D eigenvalue weighted by atomic mass is 35.5. The topological polar surface area (TPSA) is 88.3 Å². The molecule has 2 N–H and O–H groups in total. The van der Waals surface area contributed by atoms with Gasteiger partial charge in [0, 0.05) is 56.5 Å². The molecular weight excluding hydrogens is 470 g/mol. The molecule has 2 aliphatic heterocycles. The van der Waals surface area contributed by atoms with Crippen molar-refractivity contribution < 1.29 is 27.8 Å². The van der Waals surface area contributed by atoms with Crippen LogP contribution in [0.4, 0.5) is 29.7 Å². The molecular formula is C23H27ClF2N4O4. The SMILES string of the molecule is CN1CCN(c2c(F)cc(N3C[C@H](CN)OC3=O)cc2F)CC1.O=C(Cl)OCc1ccccc1. The fraction of sp³-hybridized carbons (Fsp3) is 0.391. The first kappa shape index (κ1) is 25.7. The van der Waals surface area contributed by atoms with Gasteiger partial charge in [0.15, 0.2) is 11.6 Å². The van der Waals surface area contributed by atoms with Gasteiger partial charge in [0.2, 0.25) is 0 Å². The molecule has 2 aromatic carbocycles. The number of rotatable bonds is 5. The Morgan fingerprint density at radius 1 is 1.15 bits per heavy atom. The van der Waals surface area contributed by atoms with Crippen LogP contribution in [0.15, 0.2) is 42.5 Å². The third kappa shape index (κ3) is 6.78. The molecule has 11 heteroatoms. The maximum Gasteiger partial charge on any atom is 0.414 e. The van der Waals surface area contributed by atoms with E-state index in [1.54, 1.807) is 4.90 Å². The summed E-state index contributed by atoms with van der Waals surface area (Å²) in [5.74, 6) is -1.35. The summed E-state index contributed by atoms with van der Waals surface area (Å²) in [7, 11) is 1.97. The number of nitrogens with zero attached hydrogens (tertiary/aromatic N) is 3. The average molecular weight is 497 g/mol. The summed E-state index contributed by atoms with van der Waals surface area (Å²) in [6, 6.07) is 11.7. The number of amides is 1. The molecule has 0 radical (unpaired) electrons. The number of carbonyl (C=O) groups is 2. The molecule has 2 fully saturated rings. The van der Waals surface area contributed by atoms with Gasteiger partial charge in [0.25, 0.3) is 0 Å². The van der Waals surface area contributed by atoms with Gasteiger partial charge in [-0.2, -0.15) is 0 Å². The summed E-state index contributed by atoms with van der Waals surface area (Å²) >= 11 is 4.97. The molecule has 0 unspecified atom stereocenters. The van der Waals surface area contributed by atoms with Gasteiger partial charge >= 0.3 is 11.5 Å². The van der Waals surface area contributed by atoms with Crippen LogP contribution in [0.5, 0.6) is 0 Å². The van der Waals surface area contributed by atoms with E-state index in [1.165, 1.54) is 17.0 Å². The second kappa shape index (κ2) is 12.0. The summed E-state index contributed by atoms with van der Waals surface area (Å²) in [6.07, 6.45) is -1.09. The maximum atomic E-state index is 14.5. The van der Waals surface area contributed by atoms with Crippen LogP contribution in [-0.4, -0.2) is 68.8 Å². The largest absolute Gasteiger partial charge is 0.449 e. The predicted octanol–water partition coefficient (Wildman–Crippen LogP) is 3.56. The highest BCUT2D eigenvalue weighted by Crippen LogP contribution is 2.31. The van der Waals surface area contributed by atoms with Gasteiger partial charge in [0.05, 0.1) is 12.2 Å². The van der Waals surface area contributed by atoms with E-state index in [0.717, 1.165) is 18.7 Å². The lowest BCUT2D eigenvalue weighted by Crippen LogP contribution is -2.45. The van der Waals surface area contributed by atoms with Crippen LogP contribution in [0, 0.1) is 11.6 Å². The first-order chi connectivity index (χ1) is 16.3. The van der Waals surface area contributed by atoms with E-state index in [-0.39, 0.29) is 31.1 Å². The number of piperazine rings is 1. The molecule has 0 spiro atoms. The Labute approximate surface area is 201 Å². The van der Waals surface area contributed by atoms with Crippen molar-refractivity contribution in [2.45, 2.75) is 12.7 Å². The monoisotopic (exact) mass is 496 g/mol. The molecule has 2 saturated heterocycles. The lowest BCUT2D eigenvalue weighted by Gasteiger charge is -2.34.